The molecule has 0 amide bonds. The Kier molecular flexibility index (Phi) is 5.25. The average Bonchev–Trinajstić information content (AvgIpc) is 2.54. The van der Waals surface area contributed by atoms with Crippen LogP contribution < -0.4 is 5.32 Å². The zero-order valence-electron chi connectivity index (χ0n) is 13.1. The smallest absolute Gasteiger partial charge is 0.0713 e. The maximum Gasteiger partial charge on any atom is 0.0713 e. The summed E-state index contributed by atoms with van der Waals surface area (Å²) in [6.45, 7) is 4.17. The van der Waals surface area contributed by atoms with Gasteiger partial charge in [0, 0.05) is 19.2 Å². The van der Waals surface area contributed by atoms with Crippen LogP contribution in [0, 0.1) is 0 Å². The molecule has 21 heavy (non-hydrogen) atoms. The lowest BCUT2D eigenvalue weighted by Crippen LogP contribution is -2.48. The Morgan fingerprint density at radius 1 is 1.24 bits per heavy atom. The Morgan fingerprint density at radius 2 is 2.00 bits per heavy atom. The summed E-state index contributed by atoms with van der Waals surface area (Å²) < 4.78 is 6.18. The summed E-state index contributed by atoms with van der Waals surface area (Å²) in [5.41, 5.74) is 3.12. The highest BCUT2D eigenvalue weighted by Gasteiger charge is 2.38. The molecule has 0 aromatic heterocycles. The molecule has 0 saturated carbocycles. The first kappa shape index (κ1) is 15.4. The van der Waals surface area contributed by atoms with Gasteiger partial charge in [-0.25, -0.2) is 0 Å². The number of benzene rings is 1. The van der Waals surface area contributed by atoms with Gasteiger partial charge in [0.1, 0.15) is 0 Å². The van der Waals surface area contributed by atoms with E-state index in [1.165, 1.54) is 41.9 Å². The second-order valence-corrected chi connectivity index (χ2v) is 7.56. The van der Waals surface area contributed by atoms with Gasteiger partial charge in [-0.1, -0.05) is 31.2 Å². The molecule has 2 heterocycles. The standard InChI is InChI=1S/C18H27NOS/c1-2-15-5-3-4-6-16(15)14-19-17-7-10-20-18(13-17)8-11-21-12-9-18/h3-6,17,19H,2,7-14H2,1H3. The lowest BCUT2D eigenvalue weighted by Gasteiger charge is -2.43. The van der Waals surface area contributed by atoms with Crippen molar-refractivity contribution in [2.45, 2.75) is 57.2 Å². The van der Waals surface area contributed by atoms with Crippen LogP contribution >= 0.6 is 11.8 Å². The van der Waals surface area contributed by atoms with Gasteiger partial charge in [-0.2, -0.15) is 11.8 Å². The molecule has 1 atom stereocenters. The number of thioether (sulfide) groups is 1. The average molecular weight is 305 g/mol. The van der Waals surface area contributed by atoms with Gasteiger partial charge in [-0.05, 0) is 54.7 Å². The molecule has 0 aliphatic carbocycles. The summed E-state index contributed by atoms with van der Waals surface area (Å²) in [6, 6.07) is 9.43. The third-order valence-corrected chi connectivity index (χ3v) is 5.96. The highest BCUT2D eigenvalue weighted by atomic mass is 32.2. The molecule has 1 N–H and O–H groups in total. The molecule has 2 aliphatic rings. The third-order valence-electron chi connectivity index (χ3n) is 4.98. The van der Waals surface area contributed by atoms with Crippen molar-refractivity contribution in [3.8, 4) is 0 Å². The van der Waals surface area contributed by atoms with Gasteiger partial charge in [-0.3, -0.25) is 0 Å². The SMILES string of the molecule is CCc1ccccc1CNC1CCOC2(CCSCC2)C1. The Balaban J connectivity index is 1.57. The largest absolute Gasteiger partial charge is 0.375 e. The highest BCUT2D eigenvalue weighted by molar-refractivity contribution is 7.99. The third kappa shape index (κ3) is 3.82. The van der Waals surface area contributed by atoms with E-state index in [-0.39, 0.29) is 5.60 Å². The molecule has 3 rings (SSSR count). The lowest BCUT2D eigenvalue weighted by atomic mass is 9.85. The van der Waals surface area contributed by atoms with Gasteiger partial charge in [0.2, 0.25) is 0 Å². The summed E-state index contributed by atoms with van der Waals surface area (Å²) in [4.78, 5) is 0. The Labute approximate surface area is 133 Å². The van der Waals surface area contributed by atoms with Crippen LogP contribution in [0.25, 0.3) is 0 Å². The van der Waals surface area contributed by atoms with E-state index >= 15 is 0 Å². The van der Waals surface area contributed by atoms with E-state index in [2.05, 4.69) is 48.3 Å². The summed E-state index contributed by atoms with van der Waals surface area (Å²) in [5, 5.41) is 3.80. The molecule has 2 saturated heterocycles. The van der Waals surface area contributed by atoms with Gasteiger partial charge in [-0.15, -0.1) is 0 Å². The second-order valence-electron chi connectivity index (χ2n) is 6.34. The van der Waals surface area contributed by atoms with Gasteiger partial charge < -0.3 is 10.1 Å². The van der Waals surface area contributed by atoms with Crippen molar-refractivity contribution in [1.29, 1.82) is 0 Å². The summed E-state index contributed by atoms with van der Waals surface area (Å²) in [6.07, 6.45) is 5.95. The molecular formula is C18H27NOS. The number of aryl methyl sites for hydroxylation is 1. The molecule has 1 unspecified atom stereocenters. The monoisotopic (exact) mass is 305 g/mol. The minimum Gasteiger partial charge on any atom is -0.375 e. The first-order valence-corrected chi connectivity index (χ1v) is 9.49. The predicted molar refractivity (Wildman–Crippen MR) is 90.9 cm³/mol. The van der Waals surface area contributed by atoms with Gasteiger partial charge >= 0.3 is 0 Å². The molecular weight excluding hydrogens is 278 g/mol. The van der Waals surface area contributed by atoms with E-state index in [0.29, 0.717) is 6.04 Å². The van der Waals surface area contributed by atoms with Crippen molar-refractivity contribution >= 4 is 11.8 Å². The van der Waals surface area contributed by atoms with Crippen molar-refractivity contribution < 1.29 is 4.74 Å². The molecule has 0 bridgehead atoms. The summed E-state index contributed by atoms with van der Waals surface area (Å²) >= 11 is 2.08. The normalized spacial score (nSPS) is 25.1. The van der Waals surface area contributed by atoms with Crippen LogP contribution in [-0.2, 0) is 17.7 Å². The molecule has 1 spiro atoms. The minimum atomic E-state index is 0.186. The van der Waals surface area contributed by atoms with E-state index in [1.54, 1.807) is 0 Å². The molecule has 2 fully saturated rings. The predicted octanol–water partition coefficient (Wildman–Crippen LogP) is 3.78. The van der Waals surface area contributed by atoms with Crippen molar-refractivity contribution in [3.05, 3.63) is 35.4 Å². The fourth-order valence-corrected chi connectivity index (χ4v) is 4.86. The number of rotatable bonds is 4. The fourth-order valence-electron chi connectivity index (χ4n) is 3.62. The first-order chi connectivity index (χ1) is 10.3. The van der Waals surface area contributed by atoms with Gasteiger partial charge in [0.25, 0.3) is 0 Å². The molecule has 2 aliphatic heterocycles. The number of ether oxygens (including phenoxy) is 1. The van der Waals surface area contributed by atoms with Crippen LogP contribution in [0.4, 0.5) is 0 Å². The van der Waals surface area contributed by atoms with Crippen LogP contribution in [0.1, 0.15) is 43.7 Å². The first-order valence-electron chi connectivity index (χ1n) is 8.33. The molecule has 0 radical (unpaired) electrons. The zero-order valence-corrected chi connectivity index (χ0v) is 13.9. The minimum absolute atomic E-state index is 0.186. The van der Waals surface area contributed by atoms with Crippen molar-refractivity contribution in [1.82, 2.24) is 5.32 Å². The number of hydrogen-bond acceptors (Lipinski definition) is 3. The van der Waals surface area contributed by atoms with Crippen molar-refractivity contribution in [2.75, 3.05) is 18.1 Å². The molecule has 1 aromatic carbocycles. The quantitative estimate of drug-likeness (QED) is 0.914. The molecule has 3 heteroatoms. The molecule has 2 nitrogen and oxygen atoms in total. The van der Waals surface area contributed by atoms with Crippen LogP contribution in [0.5, 0.6) is 0 Å². The zero-order chi connectivity index (χ0) is 14.5. The molecule has 1 aromatic rings. The van der Waals surface area contributed by atoms with E-state index < -0.39 is 0 Å². The highest BCUT2D eigenvalue weighted by Crippen LogP contribution is 2.37. The van der Waals surface area contributed by atoms with Crippen LogP contribution in [-0.4, -0.2) is 29.8 Å². The maximum atomic E-state index is 6.18. The van der Waals surface area contributed by atoms with E-state index in [1.807, 2.05) is 0 Å². The van der Waals surface area contributed by atoms with E-state index in [0.717, 1.165) is 26.0 Å². The van der Waals surface area contributed by atoms with E-state index in [4.69, 9.17) is 4.74 Å². The van der Waals surface area contributed by atoms with Crippen molar-refractivity contribution in [3.63, 3.8) is 0 Å². The fraction of sp³-hybridized carbons (Fsp3) is 0.667. The van der Waals surface area contributed by atoms with Gasteiger partial charge in [0.15, 0.2) is 0 Å². The Hall–Kier alpha value is -0.510. The summed E-state index contributed by atoms with van der Waals surface area (Å²) in [7, 11) is 0. The van der Waals surface area contributed by atoms with Crippen LogP contribution in [0.15, 0.2) is 24.3 Å². The maximum absolute atomic E-state index is 6.18. The van der Waals surface area contributed by atoms with E-state index in [9.17, 15) is 0 Å². The van der Waals surface area contributed by atoms with Crippen LogP contribution in [0.2, 0.25) is 0 Å². The number of hydrogen-bond donors (Lipinski definition) is 1. The van der Waals surface area contributed by atoms with Crippen LogP contribution in [0.3, 0.4) is 0 Å². The lowest BCUT2D eigenvalue weighted by molar-refractivity contribution is -0.0933. The van der Waals surface area contributed by atoms with Gasteiger partial charge in [0.05, 0.1) is 5.60 Å². The van der Waals surface area contributed by atoms with Crippen molar-refractivity contribution in [2.24, 2.45) is 0 Å². The summed E-state index contributed by atoms with van der Waals surface area (Å²) in [5.74, 6) is 2.54. The molecule has 116 valence electrons. The number of nitrogens with one attached hydrogen (secondary N) is 1. The Bertz CT molecular complexity index is 451. The Morgan fingerprint density at radius 3 is 2.76 bits per heavy atom. The topological polar surface area (TPSA) is 21.3 Å². The second kappa shape index (κ2) is 7.17.